The molecule has 0 spiro atoms. The summed E-state index contributed by atoms with van der Waals surface area (Å²) in [6, 6.07) is 8.32. The largest absolute Gasteiger partial charge is 0.468 e. The molecule has 5 rings (SSSR count). The van der Waals surface area contributed by atoms with Crippen molar-refractivity contribution >= 4 is 73.7 Å². The van der Waals surface area contributed by atoms with E-state index >= 15 is 0 Å². The van der Waals surface area contributed by atoms with Crippen LogP contribution in [0.5, 0.6) is 0 Å². The Morgan fingerprint density at radius 3 is 2.33 bits per heavy atom. The third kappa shape index (κ3) is 17.5. The van der Waals surface area contributed by atoms with Gasteiger partial charge >= 0.3 is 5.97 Å². The van der Waals surface area contributed by atoms with Crippen LogP contribution in [0.1, 0.15) is 61.8 Å². The fourth-order valence-corrected chi connectivity index (χ4v) is 7.44. The lowest BCUT2D eigenvalue weighted by Crippen LogP contribution is -2.44. The molecule has 23 heteroatoms. The summed E-state index contributed by atoms with van der Waals surface area (Å²) in [6.07, 6.45) is 3.35. The molecule has 0 unspecified atom stereocenters. The molecule has 1 aromatic carbocycles. The summed E-state index contributed by atoms with van der Waals surface area (Å²) < 4.78 is 42.6. The summed E-state index contributed by atoms with van der Waals surface area (Å²) in [5.41, 5.74) is 7.57. The maximum Gasteiger partial charge on any atom is 0.322 e. The van der Waals surface area contributed by atoms with E-state index < -0.39 is 36.0 Å². The first-order valence-corrected chi connectivity index (χ1v) is 23.2. The average molecular weight is 1030 g/mol. The van der Waals surface area contributed by atoms with Gasteiger partial charge in [-0.3, -0.25) is 38.2 Å². The zero-order chi connectivity index (χ0) is 49.7. The Labute approximate surface area is 405 Å². The molecule has 0 radical (unpaired) electrons. The van der Waals surface area contributed by atoms with E-state index in [-0.39, 0.29) is 133 Å². The molecule has 4 N–H and O–H groups in total. The first-order chi connectivity index (χ1) is 33.2. The van der Waals surface area contributed by atoms with Gasteiger partial charge in [0, 0.05) is 75.5 Å². The number of carbonyl (C=O) groups excluding carboxylic acids is 7. The summed E-state index contributed by atoms with van der Waals surface area (Å²) in [5, 5.41) is 10.2. The maximum atomic E-state index is 14.6. The van der Waals surface area contributed by atoms with Gasteiger partial charge in [0.15, 0.2) is 11.6 Å². The number of pyridine rings is 1. The minimum absolute atomic E-state index is 0.0127. The van der Waals surface area contributed by atoms with E-state index in [4.69, 9.17) is 24.7 Å². The highest BCUT2D eigenvalue weighted by Crippen LogP contribution is 2.28. The third-order valence-electron chi connectivity index (χ3n) is 10.7. The number of fused-ring (bicyclic) bond motifs is 1. The lowest BCUT2D eigenvalue weighted by atomic mass is 10.0. The van der Waals surface area contributed by atoms with E-state index in [9.17, 15) is 38.0 Å². The van der Waals surface area contributed by atoms with Crippen LogP contribution in [0.15, 0.2) is 53.4 Å². The average Bonchev–Trinajstić information content (AvgIpc) is 3.91. The Morgan fingerprint density at radius 1 is 0.884 bits per heavy atom. The van der Waals surface area contributed by atoms with Gasteiger partial charge < -0.3 is 45.0 Å². The molecule has 3 aromatic heterocycles. The molecule has 1 saturated heterocycles. The van der Waals surface area contributed by atoms with Gasteiger partial charge in [-0.1, -0.05) is 12.1 Å². The molecule has 3 amide bonds. The van der Waals surface area contributed by atoms with Crippen LogP contribution in [-0.4, -0.2) is 162 Å². The van der Waals surface area contributed by atoms with E-state index in [0.717, 1.165) is 0 Å². The number of ketones is 3. The van der Waals surface area contributed by atoms with Gasteiger partial charge in [0.05, 0.1) is 52.2 Å². The number of benzene rings is 1. The number of halogens is 2. The van der Waals surface area contributed by atoms with Crippen LogP contribution < -0.4 is 16.4 Å². The SMILES string of the molecule is COC(=O)[C@@H](N)CCC(=O)CCCOCCOCC(=O)NCCOCCOCC(=O)CCc1ncc(-c2ccc3c(c2)c(C(C)=O)nn3CC(=O)N2C[C@H](F)C[C@H]2C(=O)Nc2cccc(Br)n2)cn1. The molecule has 4 aromatic rings. The minimum Gasteiger partial charge on any atom is -0.468 e. The highest BCUT2D eigenvalue weighted by atomic mass is 79.9. The van der Waals surface area contributed by atoms with Gasteiger partial charge in [0.25, 0.3) is 0 Å². The molecule has 69 heavy (non-hydrogen) atoms. The molecule has 0 bridgehead atoms. The molecule has 372 valence electrons. The second kappa shape index (κ2) is 27.9. The standard InChI is InChI=1S/C46H57BrFN9O12/c1-29(58)44-35-21-30(8-12-37(35)57(55-44)26-43(62)56-25-32(48)22-38(56)45(63)54-41-7-3-6-39(47)53-41)31-23-51-40(52-24-31)13-10-34(60)27-68-19-18-67-16-14-50-42(61)28-69-20-17-66-15-4-5-33(59)9-11-36(49)46(64)65-2/h3,6-8,12,21,23-24,32,36,38H,4-5,9-11,13-20,22,25-28,49H2,1-2H3,(H,50,61)(H,53,54,63)/t32-,36+,38+/m1/s1. The fourth-order valence-electron chi connectivity index (χ4n) is 7.10. The molecular formula is C46H57BrFN9O12. The van der Waals surface area contributed by atoms with E-state index in [0.29, 0.717) is 51.9 Å². The molecule has 21 nitrogen and oxygen atoms in total. The fraction of sp³-hybridized carbons (Fsp3) is 0.500. The zero-order valence-corrected chi connectivity index (χ0v) is 40.1. The Balaban J connectivity index is 0.942. The summed E-state index contributed by atoms with van der Waals surface area (Å²) in [4.78, 5) is 101. The molecule has 3 atom stereocenters. The van der Waals surface area contributed by atoms with Gasteiger partial charge in [0.2, 0.25) is 17.7 Å². The number of hydrogen-bond donors (Lipinski definition) is 3. The summed E-state index contributed by atoms with van der Waals surface area (Å²) in [5.74, 6) is -1.75. The number of esters is 1. The highest BCUT2D eigenvalue weighted by molar-refractivity contribution is 9.10. The first kappa shape index (κ1) is 54.0. The lowest BCUT2D eigenvalue weighted by molar-refractivity contribution is -0.142. The normalized spacial score (nSPS) is 14.9. The van der Waals surface area contributed by atoms with Gasteiger partial charge in [-0.25, -0.2) is 19.3 Å². The first-order valence-electron chi connectivity index (χ1n) is 22.4. The molecule has 0 saturated carbocycles. The number of methoxy groups -OCH3 is 1. The quantitative estimate of drug-likeness (QED) is 0.0293. The zero-order valence-electron chi connectivity index (χ0n) is 38.5. The number of nitrogens with zero attached hydrogens (tertiary/aromatic N) is 6. The number of amides is 3. The predicted molar refractivity (Wildman–Crippen MR) is 249 cm³/mol. The Hall–Kier alpha value is -5.98. The number of carbonyl (C=O) groups is 7. The van der Waals surface area contributed by atoms with Crippen LogP contribution >= 0.6 is 15.9 Å². The van der Waals surface area contributed by atoms with Crippen molar-refractivity contribution in [2.75, 3.05) is 78.4 Å². The van der Waals surface area contributed by atoms with Crippen LogP contribution in [0.25, 0.3) is 22.0 Å². The van der Waals surface area contributed by atoms with Gasteiger partial charge in [-0.05, 0) is 58.6 Å². The van der Waals surface area contributed by atoms with Crippen molar-refractivity contribution in [3.63, 3.8) is 0 Å². The van der Waals surface area contributed by atoms with Crippen molar-refractivity contribution in [1.29, 1.82) is 0 Å². The van der Waals surface area contributed by atoms with Gasteiger partial charge in [-0.2, -0.15) is 5.10 Å². The molecule has 1 aliphatic heterocycles. The number of aromatic nitrogens is 5. The number of rotatable bonds is 30. The van der Waals surface area contributed by atoms with Crippen molar-refractivity contribution in [3.05, 3.63) is 64.9 Å². The monoisotopic (exact) mass is 1030 g/mol. The van der Waals surface area contributed by atoms with Crippen LogP contribution in [0, 0.1) is 0 Å². The van der Waals surface area contributed by atoms with Gasteiger partial charge in [-0.15, -0.1) is 0 Å². The highest BCUT2D eigenvalue weighted by Gasteiger charge is 2.40. The molecule has 4 heterocycles. The second-order valence-corrected chi connectivity index (χ2v) is 16.8. The van der Waals surface area contributed by atoms with E-state index in [2.05, 4.69) is 51.4 Å². The summed E-state index contributed by atoms with van der Waals surface area (Å²) >= 11 is 3.25. The van der Waals surface area contributed by atoms with E-state index in [1.165, 1.54) is 23.6 Å². The van der Waals surface area contributed by atoms with Crippen molar-refractivity contribution in [2.24, 2.45) is 5.73 Å². The number of nitrogens with two attached hydrogens (primary N) is 1. The minimum atomic E-state index is -1.40. The van der Waals surface area contributed by atoms with Crippen molar-refractivity contribution in [2.45, 2.75) is 76.7 Å². The predicted octanol–water partition coefficient (Wildman–Crippen LogP) is 2.75. The number of anilines is 1. The Kier molecular flexibility index (Phi) is 21.8. The number of likely N-dealkylation sites (tertiary alicyclic amines) is 1. The summed E-state index contributed by atoms with van der Waals surface area (Å²) in [6.45, 7) is 2.23. The van der Waals surface area contributed by atoms with Crippen molar-refractivity contribution < 1.29 is 61.6 Å². The smallest absolute Gasteiger partial charge is 0.322 e. The molecular weight excluding hydrogens is 969 g/mol. The number of ether oxygens (including phenoxy) is 5. The number of nitrogens with one attached hydrogen (secondary N) is 2. The number of Topliss-reactive ketones (excluding diaryl/α,β-unsaturated/α-hetero) is 3. The number of hydrogen-bond acceptors (Lipinski definition) is 17. The maximum absolute atomic E-state index is 14.6. The van der Waals surface area contributed by atoms with Gasteiger partial charge in [0.1, 0.15) is 65.7 Å². The third-order valence-corrected chi connectivity index (χ3v) is 11.1. The molecule has 1 aliphatic rings. The van der Waals surface area contributed by atoms with E-state index in [1.807, 2.05) is 0 Å². The molecule has 0 aliphatic carbocycles. The number of aryl methyl sites for hydroxylation is 1. The van der Waals surface area contributed by atoms with Crippen molar-refractivity contribution in [1.82, 2.24) is 34.9 Å². The van der Waals surface area contributed by atoms with E-state index in [1.54, 1.807) is 48.8 Å². The topological polar surface area (TPSA) is 275 Å². The Bertz CT molecular complexity index is 2410. The second-order valence-electron chi connectivity index (χ2n) is 15.9. The van der Waals surface area contributed by atoms with Crippen LogP contribution in [0.3, 0.4) is 0 Å². The summed E-state index contributed by atoms with van der Waals surface area (Å²) in [7, 11) is 1.24. The van der Waals surface area contributed by atoms with Crippen LogP contribution in [0.2, 0.25) is 0 Å². The lowest BCUT2D eigenvalue weighted by Gasteiger charge is -2.23. The number of alkyl halides is 1. The van der Waals surface area contributed by atoms with Crippen LogP contribution in [-0.2, 0) is 65.4 Å². The Morgan fingerprint density at radius 2 is 1.61 bits per heavy atom. The van der Waals surface area contributed by atoms with Crippen LogP contribution in [0.4, 0.5) is 10.2 Å². The molecule has 1 fully saturated rings. The van der Waals surface area contributed by atoms with Crippen molar-refractivity contribution in [3.8, 4) is 11.1 Å².